The van der Waals surface area contributed by atoms with Gasteiger partial charge in [0.05, 0.1) is 19.0 Å². The van der Waals surface area contributed by atoms with Crippen LogP contribution in [0.4, 0.5) is 0 Å². The molecule has 154 valence electrons. The van der Waals surface area contributed by atoms with Crippen molar-refractivity contribution in [2.45, 2.75) is 12.5 Å². The number of hydrogen-bond donors (Lipinski definition) is 2. The summed E-state index contributed by atoms with van der Waals surface area (Å²) in [5.74, 6) is -0.441. The molecule has 4 aromatic rings. The summed E-state index contributed by atoms with van der Waals surface area (Å²) >= 11 is 0. The molecule has 2 N–H and O–H groups in total. The van der Waals surface area contributed by atoms with Gasteiger partial charge in [-0.25, -0.2) is 0 Å². The van der Waals surface area contributed by atoms with Crippen molar-refractivity contribution < 1.29 is 9.59 Å². The molecule has 0 radical (unpaired) electrons. The largest absolute Gasteiger partial charge is 0.347 e. The number of nitrogens with one attached hydrogen (secondary N) is 2. The van der Waals surface area contributed by atoms with Crippen molar-refractivity contribution >= 4 is 22.6 Å². The van der Waals surface area contributed by atoms with Gasteiger partial charge in [0, 0.05) is 12.4 Å². The molecule has 3 aromatic carbocycles. The number of hydrogen-bond acceptors (Lipinski definition) is 3. The Morgan fingerprint density at radius 3 is 2.23 bits per heavy atom. The van der Waals surface area contributed by atoms with Crippen LogP contribution >= 0.6 is 0 Å². The third-order valence-electron chi connectivity index (χ3n) is 5.15. The minimum absolute atomic E-state index is 0.0853. The number of aromatic nitrogens is 1. The summed E-state index contributed by atoms with van der Waals surface area (Å²) in [7, 11) is 0. The fourth-order valence-corrected chi connectivity index (χ4v) is 3.63. The Labute approximate surface area is 181 Å². The molecular formula is C26H23N3O2. The molecule has 1 atom stereocenters. The summed E-state index contributed by atoms with van der Waals surface area (Å²) < 4.78 is 0. The number of nitrogens with zero attached hydrogens (tertiary/aromatic N) is 1. The normalized spacial score (nSPS) is 11.6. The van der Waals surface area contributed by atoms with Gasteiger partial charge in [-0.3, -0.25) is 14.6 Å². The van der Waals surface area contributed by atoms with Crippen LogP contribution in [0.2, 0.25) is 0 Å². The van der Waals surface area contributed by atoms with Gasteiger partial charge in [0.15, 0.2) is 0 Å². The molecule has 0 aliphatic heterocycles. The summed E-state index contributed by atoms with van der Waals surface area (Å²) in [4.78, 5) is 29.2. The minimum atomic E-state index is -0.313. The van der Waals surface area contributed by atoms with Crippen molar-refractivity contribution in [2.75, 3.05) is 6.54 Å². The maximum Gasteiger partial charge on any atom is 0.240 e. The Morgan fingerprint density at radius 1 is 0.742 bits per heavy atom. The molecule has 1 unspecified atom stereocenters. The van der Waals surface area contributed by atoms with E-state index in [2.05, 4.69) is 15.6 Å². The molecule has 0 saturated carbocycles. The molecule has 5 heteroatoms. The van der Waals surface area contributed by atoms with Crippen LogP contribution in [0.1, 0.15) is 22.7 Å². The van der Waals surface area contributed by atoms with Crippen molar-refractivity contribution in [3.05, 3.63) is 114 Å². The van der Waals surface area contributed by atoms with Gasteiger partial charge in [0.2, 0.25) is 11.8 Å². The fraction of sp³-hybridized carbons (Fsp3) is 0.115. The zero-order valence-corrected chi connectivity index (χ0v) is 17.0. The van der Waals surface area contributed by atoms with E-state index in [0.29, 0.717) is 0 Å². The Balaban J connectivity index is 1.40. The summed E-state index contributed by atoms with van der Waals surface area (Å²) in [6.07, 6.45) is 3.62. The van der Waals surface area contributed by atoms with Gasteiger partial charge < -0.3 is 10.6 Å². The van der Waals surface area contributed by atoms with E-state index < -0.39 is 0 Å². The first-order valence-electron chi connectivity index (χ1n) is 10.2. The van der Waals surface area contributed by atoms with Gasteiger partial charge in [0.1, 0.15) is 0 Å². The smallest absolute Gasteiger partial charge is 0.240 e. The lowest BCUT2D eigenvalue weighted by Gasteiger charge is -2.20. The Hall–Kier alpha value is -3.99. The van der Waals surface area contributed by atoms with E-state index in [-0.39, 0.29) is 30.8 Å². The molecule has 0 fully saturated rings. The van der Waals surface area contributed by atoms with Crippen LogP contribution in [0.3, 0.4) is 0 Å². The molecule has 0 aliphatic carbocycles. The summed E-state index contributed by atoms with van der Waals surface area (Å²) in [6, 6.07) is 27.0. The lowest BCUT2D eigenvalue weighted by atomic mass is 9.99. The minimum Gasteiger partial charge on any atom is -0.347 e. The zero-order chi connectivity index (χ0) is 21.5. The van der Waals surface area contributed by atoms with E-state index in [1.807, 2.05) is 84.9 Å². The van der Waals surface area contributed by atoms with Crippen LogP contribution < -0.4 is 10.6 Å². The van der Waals surface area contributed by atoms with Gasteiger partial charge in [-0.15, -0.1) is 0 Å². The monoisotopic (exact) mass is 409 g/mol. The summed E-state index contributed by atoms with van der Waals surface area (Å²) in [5.41, 5.74) is 2.83. The van der Waals surface area contributed by atoms with Crippen molar-refractivity contribution in [2.24, 2.45) is 0 Å². The predicted molar refractivity (Wildman–Crippen MR) is 121 cm³/mol. The Bertz CT molecular complexity index is 1130. The van der Waals surface area contributed by atoms with E-state index in [9.17, 15) is 9.59 Å². The molecule has 0 bridgehead atoms. The van der Waals surface area contributed by atoms with Crippen LogP contribution in [-0.4, -0.2) is 23.3 Å². The second-order valence-electron chi connectivity index (χ2n) is 7.28. The number of rotatable bonds is 7. The first kappa shape index (κ1) is 20.3. The third-order valence-corrected chi connectivity index (χ3v) is 5.15. The Morgan fingerprint density at radius 2 is 1.42 bits per heavy atom. The highest BCUT2D eigenvalue weighted by Crippen LogP contribution is 2.21. The number of carbonyl (C=O) groups excluding carboxylic acids is 2. The average molecular weight is 409 g/mol. The maximum atomic E-state index is 12.6. The zero-order valence-electron chi connectivity index (χ0n) is 17.0. The average Bonchev–Trinajstić information content (AvgIpc) is 2.82. The topological polar surface area (TPSA) is 71.1 Å². The molecule has 5 nitrogen and oxygen atoms in total. The highest BCUT2D eigenvalue weighted by molar-refractivity contribution is 5.91. The highest BCUT2D eigenvalue weighted by atomic mass is 16.2. The second-order valence-corrected chi connectivity index (χ2v) is 7.28. The predicted octanol–water partition coefficient (Wildman–Crippen LogP) is 3.80. The van der Waals surface area contributed by atoms with Crippen LogP contribution in [-0.2, 0) is 16.0 Å². The number of amides is 2. The van der Waals surface area contributed by atoms with Crippen molar-refractivity contribution in [3.8, 4) is 0 Å². The van der Waals surface area contributed by atoms with E-state index in [1.54, 1.807) is 12.4 Å². The van der Waals surface area contributed by atoms with Gasteiger partial charge in [-0.2, -0.15) is 0 Å². The molecule has 4 rings (SSSR count). The fourth-order valence-electron chi connectivity index (χ4n) is 3.63. The van der Waals surface area contributed by atoms with Crippen molar-refractivity contribution in [3.63, 3.8) is 0 Å². The Kier molecular flexibility index (Phi) is 6.33. The van der Waals surface area contributed by atoms with Crippen LogP contribution in [0, 0.1) is 0 Å². The third kappa shape index (κ3) is 5.14. The van der Waals surface area contributed by atoms with Crippen molar-refractivity contribution in [1.29, 1.82) is 0 Å². The number of carbonyl (C=O) groups is 2. The molecular weight excluding hydrogens is 386 g/mol. The van der Waals surface area contributed by atoms with E-state index in [0.717, 1.165) is 27.5 Å². The highest BCUT2D eigenvalue weighted by Gasteiger charge is 2.17. The lowest BCUT2D eigenvalue weighted by molar-refractivity contribution is -0.126. The van der Waals surface area contributed by atoms with Gasteiger partial charge in [-0.05, 0) is 39.6 Å². The van der Waals surface area contributed by atoms with Gasteiger partial charge in [-0.1, -0.05) is 72.8 Å². The number of fused-ring (bicyclic) bond motifs is 1. The van der Waals surface area contributed by atoms with Crippen molar-refractivity contribution in [1.82, 2.24) is 15.6 Å². The molecule has 1 aromatic heterocycles. The molecule has 31 heavy (non-hydrogen) atoms. The molecule has 0 spiro atoms. The maximum absolute atomic E-state index is 12.6. The standard InChI is InChI=1S/C26H23N3O2/c30-24(17-22-11-6-10-19-7-4-5-12-23(19)22)28-18-25(31)29-26(20-8-2-1-3-9-20)21-13-15-27-16-14-21/h1-16,26H,17-18H2,(H,28,30)(H,29,31). The first-order valence-corrected chi connectivity index (χ1v) is 10.2. The number of pyridine rings is 1. The van der Waals surface area contributed by atoms with Crippen LogP contribution in [0.15, 0.2) is 97.3 Å². The lowest BCUT2D eigenvalue weighted by Crippen LogP contribution is -2.39. The molecule has 2 amide bonds. The molecule has 1 heterocycles. The summed E-state index contributed by atoms with van der Waals surface area (Å²) in [6.45, 7) is -0.0853. The second kappa shape index (κ2) is 9.67. The number of benzene rings is 3. The van der Waals surface area contributed by atoms with Crippen LogP contribution in [0.5, 0.6) is 0 Å². The van der Waals surface area contributed by atoms with Gasteiger partial charge >= 0.3 is 0 Å². The molecule has 0 saturated heterocycles. The first-order chi connectivity index (χ1) is 15.2. The SMILES string of the molecule is O=C(Cc1cccc2ccccc12)NCC(=O)NC(c1ccccc1)c1ccncc1. The van der Waals surface area contributed by atoms with E-state index in [4.69, 9.17) is 0 Å². The molecule has 0 aliphatic rings. The van der Waals surface area contributed by atoms with Crippen LogP contribution in [0.25, 0.3) is 10.8 Å². The van der Waals surface area contributed by atoms with E-state index >= 15 is 0 Å². The van der Waals surface area contributed by atoms with Gasteiger partial charge in [0.25, 0.3) is 0 Å². The van der Waals surface area contributed by atoms with E-state index in [1.165, 1.54) is 0 Å². The quantitative estimate of drug-likeness (QED) is 0.488. The summed E-state index contributed by atoms with van der Waals surface area (Å²) in [5, 5.41) is 7.90.